The van der Waals surface area contributed by atoms with E-state index >= 15 is 0 Å². The van der Waals surface area contributed by atoms with Crippen molar-refractivity contribution >= 4 is 27.3 Å². The fourth-order valence-electron chi connectivity index (χ4n) is 1.73. The molecule has 102 valence electrons. The normalized spacial score (nSPS) is 14.1. The van der Waals surface area contributed by atoms with Gasteiger partial charge in [0.05, 0.1) is 0 Å². The van der Waals surface area contributed by atoms with E-state index in [4.69, 9.17) is 10.5 Å². The number of ether oxygens (including phenoxy) is 1. The standard InChI is InChI=1S/C14H15BrFNOS/c1-2-11(17)14(13-4-3-7-19-13)18-12-8-9(15)5-6-10(12)16/h3-8,11,14H,2,17H2,1H3. The third-order valence-corrected chi connectivity index (χ3v) is 4.26. The predicted molar refractivity (Wildman–Crippen MR) is 80.1 cm³/mol. The van der Waals surface area contributed by atoms with E-state index in [1.54, 1.807) is 23.5 Å². The summed E-state index contributed by atoms with van der Waals surface area (Å²) in [6, 6.07) is 8.37. The van der Waals surface area contributed by atoms with Gasteiger partial charge >= 0.3 is 0 Å². The molecule has 0 radical (unpaired) electrons. The fraction of sp³-hybridized carbons (Fsp3) is 0.286. The minimum Gasteiger partial charge on any atom is -0.480 e. The number of hydrogen-bond acceptors (Lipinski definition) is 3. The largest absolute Gasteiger partial charge is 0.480 e. The van der Waals surface area contributed by atoms with Gasteiger partial charge in [0.2, 0.25) is 0 Å². The fourth-order valence-corrected chi connectivity index (χ4v) is 2.90. The van der Waals surface area contributed by atoms with Gasteiger partial charge in [-0.3, -0.25) is 0 Å². The van der Waals surface area contributed by atoms with Gasteiger partial charge in [0, 0.05) is 15.4 Å². The van der Waals surface area contributed by atoms with Crippen molar-refractivity contribution in [1.82, 2.24) is 0 Å². The van der Waals surface area contributed by atoms with E-state index in [-0.39, 0.29) is 23.7 Å². The molecule has 1 aromatic heterocycles. The van der Waals surface area contributed by atoms with Crippen molar-refractivity contribution in [3.63, 3.8) is 0 Å². The van der Waals surface area contributed by atoms with Gasteiger partial charge in [-0.2, -0.15) is 0 Å². The van der Waals surface area contributed by atoms with Crippen LogP contribution < -0.4 is 10.5 Å². The van der Waals surface area contributed by atoms with Gasteiger partial charge in [0.15, 0.2) is 11.6 Å². The molecular weight excluding hydrogens is 329 g/mol. The number of nitrogens with two attached hydrogens (primary N) is 1. The van der Waals surface area contributed by atoms with Crippen LogP contribution in [0.15, 0.2) is 40.2 Å². The maximum atomic E-state index is 13.8. The van der Waals surface area contributed by atoms with Gasteiger partial charge in [-0.25, -0.2) is 4.39 Å². The Hall–Kier alpha value is -0.910. The van der Waals surface area contributed by atoms with Crippen LogP contribution in [0, 0.1) is 5.82 Å². The lowest BCUT2D eigenvalue weighted by Crippen LogP contribution is -2.31. The van der Waals surface area contributed by atoms with Crippen LogP contribution in [0.2, 0.25) is 0 Å². The Morgan fingerprint density at radius 3 is 2.84 bits per heavy atom. The summed E-state index contributed by atoms with van der Waals surface area (Å²) in [6.45, 7) is 1.99. The highest BCUT2D eigenvalue weighted by molar-refractivity contribution is 9.10. The summed E-state index contributed by atoms with van der Waals surface area (Å²) in [5.41, 5.74) is 6.09. The molecule has 2 aromatic rings. The molecule has 5 heteroatoms. The zero-order chi connectivity index (χ0) is 13.8. The summed E-state index contributed by atoms with van der Waals surface area (Å²) in [7, 11) is 0. The van der Waals surface area contributed by atoms with Crippen LogP contribution in [0.5, 0.6) is 5.75 Å². The minimum atomic E-state index is -0.381. The molecule has 0 aliphatic heterocycles. The van der Waals surface area contributed by atoms with Gasteiger partial charge in [0.25, 0.3) is 0 Å². The molecule has 0 saturated carbocycles. The van der Waals surface area contributed by atoms with E-state index in [1.165, 1.54) is 6.07 Å². The molecule has 0 spiro atoms. The third-order valence-electron chi connectivity index (χ3n) is 2.83. The van der Waals surface area contributed by atoms with Crippen LogP contribution in [0.3, 0.4) is 0 Å². The monoisotopic (exact) mass is 343 g/mol. The van der Waals surface area contributed by atoms with Crippen LogP contribution >= 0.6 is 27.3 Å². The van der Waals surface area contributed by atoms with Gasteiger partial charge in [-0.15, -0.1) is 11.3 Å². The molecule has 2 rings (SSSR count). The molecule has 0 fully saturated rings. The van der Waals surface area contributed by atoms with E-state index in [9.17, 15) is 4.39 Å². The molecule has 1 aromatic carbocycles. The maximum absolute atomic E-state index is 13.8. The average molecular weight is 344 g/mol. The molecule has 1 heterocycles. The highest BCUT2D eigenvalue weighted by atomic mass is 79.9. The topological polar surface area (TPSA) is 35.2 Å². The number of rotatable bonds is 5. The third kappa shape index (κ3) is 3.55. The Morgan fingerprint density at radius 1 is 1.42 bits per heavy atom. The van der Waals surface area contributed by atoms with E-state index < -0.39 is 0 Å². The highest BCUT2D eigenvalue weighted by Crippen LogP contribution is 2.31. The number of hydrogen-bond donors (Lipinski definition) is 1. The minimum absolute atomic E-state index is 0.169. The molecule has 0 aliphatic rings. The molecule has 2 atom stereocenters. The van der Waals surface area contributed by atoms with E-state index in [0.717, 1.165) is 15.8 Å². The lowest BCUT2D eigenvalue weighted by molar-refractivity contribution is 0.167. The summed E-state index contributed by atoms with van der Waals surface area (Å²) in [5, 5.41) is 1.96. The van der Waals surface area contributed by atoms with Crippen LogP contribution in [-0.2, 0) is 0 Å². The molecule has 2 unspecified atom stereocenters. The molecule has 0 aliphatic carbocycles. The van der Waals surface area contributed by atoms with Crippen LogP contribution in [0.25, 0.3) is 0 Å². The van der Waals surface area contributed by atoms with E-state index in [0.29, 0.717) is 0 Å². The Morgan fingerprint density at radius 2 is 2.21 bits per heavy atom. The Labute approximate surface area is 124 Å². The second kappa shape index (κ2) is 6.50. The summed E-state index contributed by atoms with van der Waals surface area (Å²) in [4.78, 5) is 1.01. The lowest BCUT2D eigenvalue weighted by Gasteiger charge is -2.23. The van der Waals surface area contributed by atoms with Crippen molar-refractivity contribution < 1.29 is 9.13 Å². The Bertz CT molecular complexity index is 532. The smallest absolute Gasteiger partial charge is 0.165 e. The zero-order valence-corrected chi connectivity index (χ0v) is 12.9. The first-order chi connectivity index (χ1) is 9.11. The molecular formula is C14H15BrFNOS. The zero-order valence-electron chi connectivity index (χ0n) is 10.5. The Kier molecular flexibility index (Phi) is 4.96. The Balaban J connectivity index is 2.28. The maximum Gasteiger partial charge on any atom is 0.165 e. The van der Waals surface area contributed by atoms with E-state index in [2.05, 4.69) is 15.9 Å². The molecule has 0 bridgehead atoms. The van der Waals surface area contributed by atoms with Crippen molar-refractivity contribution in [2.24, 2.45) is 5.73 Å². The molecule has 2 nitrogen and oxygen atoms in total. The molecule has 0 amide bonds. The number of benzene rings is 1. The predicted octanol–water partition coefficient (Wildman–Crippen LogP) is 4.51. The summed E-state index contributed by atoms with van der Waals surface area (Å²) < 4.78 is 20.3. The molecule has 2 N–H and O–H groups in total. The first-order valence-corrected chi connectivity index (χ1v) is 7.69. The van der Waals surface area contributed by atoms with Crippen molar-refractivity contribution in [1.29, 1.82) is 0 Å². The second-order valence-corrected chi connectivity index (χ2v) is 6.10. The SMILES string of the molecule is CCC(N)C(Oc1cc(Br)ccc1F)c1cccs1. The van der Waals surface area contributed by atoms with Crippen molar-refractivity contribution in [3.05, 3.63) is 50.9 Å². The van der Waals surface area contributed by atoms with Gasteiger partial charge < -0.3 is 10.5 Å². The van der Waals surface area contributed by atoms with Crippen molar-refractivity contribution in [3.8, 4) is 5.75 Å². The van der Waals surface area contributed by atoms with Gasteiger partial charge in [-0.05, 0) is 36.1 Å². The highest BCUT2D eigenvalue weighted by Gasteiger charge is 2.22. The number of halogens is 2. The first kappa shape index (κ1) is 14.5. The van der Waals surface area contributed by atoms with E-state index in [1.807, 2.05) is 24.4 Å². The van der Waals surface area contributed by atoms with Gasteiger partial charge in [0.1, 0.15) is 6.10 Å². The van der Waals surface area contributed by atoms with Crippen LogP contribution in [-0.4, -0.2) is 6.04 Å². The van der Waals surface area contributed by atoms with Crippen LogP contribution in [0.4, 0.5) is 4.39 Å². The summed E-state index contributed by atoms with van der Waals surface area (Å²) in [6.07, 6.45) is 0.437. The summed E-state index contributed by atoms with van der Waals surface area (Å²) in [5.74, 6) is -0.162. The first-order valence-electron chi connectivity index (χ1n) is 6.02. The summed E-state index contributed by atoms with van der Waals surface area (Å²) >= 11 is 4.88. The lowest BCUT2D eigenvalue weighted by atomic mass is 10.1. The number of thiophene rings is 1. The van der Waals surface area contributed by atoms with Gasteiger partial charge in [-0.1, -0.05) is 28.9 Å². The van der Waals surface area contributed by atoms with Crippen molar-refractivity contribution in [2.75, 3.05) is 0 Å². The second-order valence-electron chi connectivity index (χ2n) is 4.20. The quantitative estimate of drug-likeness (QED) is 0.866. The average Bonchev–Trinajstić information content (AvgIpc) is 2.92. The molecule has 19 heavy (non-hydrogen) atoms. The van der Waals surface area contributed by atoms with Crippen LogP contribution in [0.1, 0.15) is 24.3 Å². The van der Waals surface area contributed by atoms with Crippen molar-refractivity contribution in [2.45, 2.75) is 25.5 Å². The molecule has 0 saturated heterocycles.